The van der Waals surface area contributed by atoms with Gasteiger partial charge in [-0.25, -0.2) is 4.79 Å². The van der Waals surface area contributed by atoms with Crippen LogP contribution in [0.5, 0.6) is 5.75 Å². The standard InChI is InChI=1S/C32H40O3/c1-4-5-6-7-8-9-21-34-31-18-13-26(14-19-31)10-11-27-12-15-29-24-30(17-16-28(29)23-27)32(33)35-22-20-25(2)3/h10-19,23-25H,4-9,20-22H2,1-3H3. The van der Waals surface area contributed by atoms with Crippen molar-refractivity contribution in [3.63, 3.8) is 0 Å². The fraction of sp³-hybridized carbons (Fsp3) is 0.406. The van der Waals surface area contributed by atoms with E-state index in [-0.39, 0.29) is 5.97 Å². The minimum Gasteiger partial charge on any atom is -0.494 e. The van der Waals surface area contributed by atoms with Crippen LogP contribution in [0.25, 0.3) is 22.9 Å². The normalized spacial score (nSPS) is 11.4. The van der Waals surface area contributed by atoms with E-state index >= 15 is 0 Å². The molecule has 0 aliphatic rings. The highest BCUT2D eigenvalue weighted by Crippen LogP contribution is 2.21. The second-order valence-corrected chi connectivity index (χ2v) is 9.66. The molecule has 0 atom stereocenters. The number of hydrogen-bond acceptors (Lipinski definition) is 3. The Labute approximate surface area is 211 Å². The highest BCUT2D eigenvalue weighted by molar-refractivity contribution is 5.96. The van der Waals surface area contributed by atoms with Gasteiger partial charge in [-0.1, -0.05) is 95.4 Å². The molecular weight excluding hydrogens is 432 g/mol. The number of unbranched alkanes of at least 4 members (excludes halogenated alkanes) is 5. The number of ether oxygens (including phenoxy) is 2. The summed E-state index contributed by atoms with van der Waals surface area (Å²) in [6.07, 6.45) is 12.7. The molecule has 3 rings (SSSR count). The van der Waals surface area contributed by atoms with E-state index in [1.165, 1.54) is 32.1 Å². The minimum absolute atomic E-state index is 0.254. The summed E-state index contributed by atoms with van der Waals surface area (Å²) in [6, 6.07) is 20.3. The predicted molar refractivity (Wildman–Crippen MR) is 148 cm³/mol. The van der Waals surface area contributed by atoms with Gasteiger partial charge in [0.2, 0.25) is 0 Å². The molecule has 3 aromatic rings. The molecule has 0 saturated heterocycles. The van der Waals surface area contributed by atoms with E-state index in [9.17, 15) is 4.79 Å². The average molecular weight is 473 g/mol. The maximum atomic E-state index is 12.3. The van der Waals surface area contributed by atoms with Crippen molar-refractivity contribution in [1.29, 1.82) is 0 Å². The number of benzene rings is 3. The quantitative estimate of drug-likeness (QED) is 0.133. The molecular formula is C32H40O3. The molecule has 0 N–H and O–H groups in total. The number of carbonyl (C=O) groups excluding carboxylic acids is 1. The van der Waals surface area contributed by atoms with Crippen LogP contribution >= 0.6 is 0 Å². The molecule has 35 heavy (non-hydrogen) atoms. The summed E-state index contributed by atoms with van der Waals surface area (Å²) < 4.78 is 11.3. The first-order valence-electron chi connectivity index (χ1n) is 13.2. The van der Waals surface area contributed by atoms with E-state index in [0.717, 1.165) is 47.1 Å². The van der Waals surface area contributed by atoms with Gasteiger partial charge < -0.3 is 9.47 Å². The van der Waals surface area contributed by atoms with E-state index < -0.39 is 0 Å². The fourth-order valence-corrected chi connectivity index (χ4v) is 3.91. The van der Waals surface area contributed by atoms with Crippen LogP contribution in [0.2, 0.25) is 0 Å². The Hall–Kier alpha value is -3.07. The van der Waals surface area contributed by atoms with Gasteiger partial charge in [-0.3, -0.25) is 0 Å². The first-order valence-corrected chi connectivity index (χ1v) is 13.2. The Morgan fingerprint density at radius 1 is 0.771 bits per heavy atom. The summed E-state index contributed by atoms with van der Waals surface area (Å²) in [4.78, 5) is 12.3. The zero-order valence-corrected chi connectivity index (χ0v) is 21.6. The Morgan fingerprint density at radius 2 is 1.43 bits per heavy atom. The molecule has 0 unspecified atom stereocenters. The molecule has 0 spiro atoms. The van der Waals surface area contributed by atoms with Crippen LogP contribution in [0.1, 0.15) is 87.2 Å². The summed E-state index contributed by atoms with van der Waals surface area (Å²) >= 11 is 0. The summed E-state index contributed by atoms with van der Waals surface area (Å²) in [6.45, 7) is 7.74. The van der Waals surface area contributed by atoms with E-state index in [1.54, 1.807) is 0 Å². The highest BCUT2D eigenvalue weighted by Gasteiger charge is 2.08. The van der Waals surface area contributed by atoms with Crippen molar-refractivity contribution in [3.8, 4) is 5.75 Å². The molecule has 0 radical (unpaired) electrons. The highest BCUT2D eigenvalue weighted by atomic mass is 16.5. The lowest BCUT2D eigenvalue weighted by Gasteiger charge is -2.08. The van der Waals surface area contributed by atoms with Gasteiger partial charge in [0.15, 0.2) is 0 Å². The first-order chi connectivity index (χ1) is 17.0. The summed E-state index contributed by atoms with van der Waals surface area (Å²) in [5.74, 6) is 1.20. The SMILES string of the molecule is CCCCCCCCOc1ccc(C=Cc2ccc3cc(C(=O)OCCC(C)C)ccc3c2)cc1. The van der Waals surface area contributed by atoms with Crippen molar-refractivity contribution < 1.29 is 14.3 Å². The average Bonchev–Trinajstić information content (AvgIpc) is 2.87. The zero-order valence-electron chi connectivity index (χ0n) is 21.6. The Kier molecular flexibility index (Phi) is 10.9. The number of carbonyl (C=O) groups is 1. The third-order valence-corrected chi connectivity index (χ3v) is 6.14. The van der Waals surface area contributed by atoms with Crippen LogP contribution in [-0.2, 0) is 4.74 Å². The minimum atomic E-state index is -0.254. The van der Waals surface area contributed by atoms with Gasteiger partial charge in [-0.05, 0) is 71.0 Å². The van der Waals surface area contributed by atoms with Gasteiger partial charge in [0, 0.05) is 0 Å². The van der Waals surface area contributed by atoms with Gasteiger partial charge in [-0.15, -0.1) is 0 Å². The summed E-state index contributed by atoms with van der Waals surface area (Å²) in [7, 11) is 0. The van der Waals surface area contributed by atoms with Crippen molar-refractivity contribution in [3.05, 3.63) is 77.4 Å². The third-order valence-electron chi connectivity index (χ3n) is 6.14. The van der Waals surface area contributed by atoms with Crippen LogP contribution in [-0.4, -0.2) is 19.2 Å². The predicted octanol–water partition coefficient (Wildman–Crippen LogP) is 8.95. The number of fused-ring (bicyclic) bond motifs is 1. The molecule has 3 heteroatoms. The Bertz CT molecular complexity index is 1080. The smallest absolute Gasteiger partial charge is 0.338 e. The van der Waals surface area contributed by atoms with Crippen molar-refractivity contribution in [2.45, 2.75) is 65.7 Å². The fourth-order valence-electron chi connectivity index (χ4n) is 3.91. The van der Waals surface area contributed by atoms with E-state index in [1.807, 2.05) is 30.3 Å². The molecule has 0 aliphatic heterocycles. The summed E-state index contributed by atoms with van der Waals surface area (Å²) in [5, 5.41) is 2.14. The molecule has 0 aliphatic carbocycles. The molecule has 0 saturated carbocycles. The molecule has 3 aromatic carbocycles. The summed E-state index contributed by atoms with van der Waals surface area (Å²) in [5.41, 5.74) is 2.85. The lowest BCUT2D eigenvalue weighted by molar-refractivity contribution is 0.0488. The van der Waals surface area contributed by atoms with Crippen molar-refractivity contribution >= 4 is 28.9 Å². The molecule has 3 nitrogen and oxygen atoms in total. The monoisotopic (exact) mass is 472 g/mol. The third kappa shape index (κ3) is 9.24. The van der Waals surface area contributed by atoms with Crippen molar-refractivity contribution in [1.82, 2.24) is 0 Å². The largest absolute Gasteiger partial charge is 0.494 e. The topological polar surface area (TPSA) is 35.5 Å². The molecule has 0 aromatic heterocycles. The van der Waals surface area contributed by atoms with Crippen LogP contribution in [0, 0.1) is 5.92 Å². The molecule has 0 amide bonds. The zero-order chi connectivity index (χ0) is 24.9. The molecule has 0 heterocycles. The van der Waals surface area contributed by atoms with Gasteiger partial charge >= 0.3 is 5.97 Å². The lowest BCUT2D eigenvalue weighted by Crippen LogP contribution is -2.08. The van der Waals surface area contributed by atoms with Crippen LogP contribution < -0.4 is 4.74 Å². The van der Waals surface area contributed by atoms with Gasteiger partial charge in [-0.2, -0.15) is 0 Å². The van der Waals surface area contributed by atoms with E-state index in [4.69, 9.17) is 9.47 Å². The number of rotatable bonds is 14. The maximum absolute atomic E-state index is 12.3. The van der Waals surface area contributed by atoms with E-state index in [0.29, 0.717) is 18.1 Å². The molecule has 186 valence electrons. The Morgan fingerprint density at radius 3 is 2.20 bits per heavy atom. The van der Waals surface area contributed by atoms with Crippen LogP contribution in [0.15, 0.2) is 60.7 Å². The maximum Gasteiger partial charge on any atom is 0.338 e. The van der Waals surface area contributed by atoms with Gasteiger partial charge in [0.25, 0.3) is 0 Å². The first kappa shape index (κ1) is 26.5. The lowest BCUT2D eigenvalue weighted by atomic mass is 10.0. The second kappa shape index (κ2) is 14.4. The van der Waals surface area contributed by atoms with Crippen molar-refractivity contribution in [2.24, 2.45) is 5.92 Å². The van der Waals surface area contributed by atoms with E-state index in [2.05, 4.69) is 63.3 Å². The number of hydrogen-bond donors (Lipinski definition) is 0. The van der Waals surface area contributed by atoms with Crippen LogP contribution in [0.3, 0.4) is 0 Å². The Balaban J connectivity index is 1.51. The van der Waals surface area contributed by atoms with Crippen molar-refractivity contribution in [2.75, 3.05) is 13.2 Å². The van der Waals surface area contributed by atoms with Gasteiger partial charge in [0.05, 0.1) is 18.8 Å². The molecule has 0 fully saturated rings. The van der Waals surface area contributed by atoms with Crippen LogP contribution in [0.4, 0.5) is 0 Å². The van der Waals surface area contributed by atoms with Gasteiger partial charge in [0.1, 0.15) is 5.75 Å². The molecule has 0 bridgehead atoms. The number of esters is 1. The second-order valence-electron chi connectivity index (χ2n) is 9.66.